The average molecular weight is 587 g/mol. The number of hydrogen-bond donors (Lipinski definition) is 2. The molecular weight excluding hydrogens is 528 g/mol. The normalized spacial score (nSPS) is 14.5. The van der Waals surface area contributed by atoms with Crippen LogP contribution in [0, 0.1) is 5.92 Å². The number of thiol groups is 1. The molecule has 1 amide bonds. The van der Waals surface area contributed by atoms with Gasteiger partial charge in [0.15, 0.2) is 0 Å². The number of nitrogens with one attached hydrogen (secondary N) is 1. The second-order valence-electron chi connectivity index (χ2n) is 11.8. The monoisotopic (exact) mass is 586 g/mol. The van der Waals surface area contributed by atoms with Crippen LogP contribution in [-0.4, -0.2) is 48.7 Å². The van der Waals surface area contributed by atoms with Crippen molar-refractivity contribution in [2.75, 3.05) is 31.9 Å². The van der Waals surface area contributed by atoms with Crippen LogP contribution in [0.25, 0.3) is 0 Å². The van der Waals surface area contributed by atoms with Gasteiger partial charge in [-0.05, 0) is 88.1 Å². The van der Waals surface area contributed by atoms with Crippen LogP contribution < -0.4 is 10.1 Å². The molecule has 232 valence electrons. The maximum atomic E-state index is 12.4. The van der Waals surface area contributed by atoms with Crippen molar-refractivity contribution in [1.29, 1.82) is 0 Å². The van der Waals surface area contributed by atoms with Gasteiger partial charge in [-0.1, -0.05) is 82.6 Å². The van der Waals surface area contributed by atoms with Gasteiger partial charge in [0.1, 0.15) is 5.75 Å². The zero-order valence-electron chi connectivity index (χ0n) is 25.9. The summed E-state index contributed by atoms with van der Waals surface area (Å²) in [5.74, 6) is 2.04. The van der Waals surface area contributed by atoms with Crippen LogP contribution in [-0.2, 0) is 16.0 Å². The first kappa shape index (κ1) is 35.4. The lowest BCUT2D eigenvalue weighted by Gasteiger charge is -2.31. The molecule has 2 rings (SSSR count). The summed E-state index contributed by atoms with van der Waals surface area (Å²) in [6, 6.07) is 7.33. The molecule has 1 fully saturated rings. The first-order chi connectivity index (χ1) is 20.1. The van der Waals surface area contributed by atoms with Crippen LogP contribution in [0.15, 0.2) is 36.4 Å². The number of amides is 1. The van der Waals surface area contributed by atoms with Crippen molar-refractivity contribution in [3.63, 3.8) is 0 Å². The molecule has 1 heterocycles. The largest absolute Gasteiger partial charge is 0.427 e. The number of carbonyl (C=O) groups excluding carboxylic acids is 2. The molecule has 1 aliphatic heterocycles. The van der Waals surface area contributed by atoms with Gasteiger partial charge in [0.2, 0.25) is 5.91 Å². The fourth-order valence-corrected chi connectivity index (χ4v) is 5.78. The number of allylic oxidation sites excluding steroid dienone is 2. The number of likely N-dealkylation sites (tertiary alicyclic amines) is 1. The summed E-state index contributed by atoms with van der Waals surface area (Å²) >= 11 is 4.32. The zero-order chi connectivity index (χ0) is 29.4. The number of ether oxygens (including phenoxy) is 1. The predicted octanol–water partition coefficient (Wildman–Crippen LogP) is 8.32. The van der Waals surface area contributed by atoms with Crippen LogP contribution in [0.5, 0.6) is 5.75 Å². The van der Waals surface area contributed by atoms with Crippen molar-refractivity contribution in [2.24, 2.45) is 5.92 Å². The summed E-state index contributed by atoms with van der Waals surface area (Å²) in [7, 11) is 0. The van der Waals surface area contributed by atoms with Gasteiger partial charge in [0, 0.05) is 25.3 Å². The fourth-order valence-electron chi connectivity index (χ4n) is 5.50. The van der Waals surface area contributed by atoms with E-state index in [-0.39, 0.29) is 11.9 Å². The second kappa shape index (κ2) is 23.7. The summed E-state index contributed by atoms with van der Waals surface area (Å²) in [5, 5.41) is 3.07. The first-order valence-electron chi connectivity index (χ1n) is 16.6. The maximum absolute atomic E-state index is 12.4. The van der Waals surface area contributed by atoms with Crippen LogP contribution in [0.3, 0.4) is 0 Å². The standard InChI is InChI=1S/C35H58N2O3S/c1-2-3-4-5-6-7-8-9-10-11-12-13-14-15-16-17-35(39)40-33-20-18-32(19-21-33)30-34(38)36-25-22-31-23-26-37(27-24-31)28-29-41/h9-10,18-21,31,41H,2-8,11-17,22-30H2,1H3,(H,36,38)/b10-9-. The van der Waals surface area contributed by atoms with Gasteiger partial charge in [-0.15, -0.1) is 0 Å². The highest BCUT2D eigenvalue weighted by atomic mass is 32.1. The molecule has 0 aromatic heterocycles. The van der Waals surface area contributed by atoms with E-state index >= 15 is 0 Å². The van der Waals surface area contributed by atoms with Gasteiger partial charge < -0.3 is 15.0 Å². The number of unbranched alkanes of at least 4 members (excludes halogenated alkanes) is 11. The highest BCUT2D eigenvalue weighted by Crippen LogP contribution is 2.20. The minimum absolute atomic E-state index is 0.0476. The maximum Gasteiger partial charge on any atom is 0.311 e. The molecule has 41 heavy (non-hydrogen) atoms. The lowest BCUT2D eigenvalue weighted by atomic mass is 9.93. The Morgan fingerprint density at radius 1 is 0.902 bits per heavy atom. The molecule has 0 radical (unpaired) electrons. The average Bonchev–Trinajstić information content (AvgIpc) is 2.97. The Kier molecular flexibility index (Phi) is 20.5. The summed E-state index contributed by atoms with van der Waals surface area (Å²) < 4.78 is 5.49. The number of hydrogen-bond acceptors (Lipinski definition) is 5. The molecule has 0 unspecified atom stereocenters. The van der Waals surface area contributed by atoms with Crippen molar-refractivity contribution in [3.8, 4) is 5.75 Å². The molecule has 0 spiro atoms. The van der Waals surface area contributed by atoms with E-state index in [1.807, 2.05) is 12.1 Å². The van der Waals surface area contributed by atoms with Crippen LogP contribution in [0.4, 0.5) is 0 Å². The Hall–Kier alpha value is -1.79. The molecule has 1 N–H and O–H groups in total. The molecule has 0 atom stereocenters. The minimum Gasteiger partial charge on any atom is -0.427 e. The SMILES string of the molecule is CCCCCCCC/C=C\CCCCCCCC(=O)Oc1ccc(CC(=O)NCCC2CCN(CCS)CC2)cc1. The number of esters is 1. The number of carbonyl (C=O) groups is 2. The van der Waals surface area contributed by atoms with E-state index in [4.69, 9.17) is 4.74 Å². The van der Waals surface area contributed by atoms with E-state index in [1.165, 1.54) is 83.5 Å². The van der Waals surface area contributed by atoms with Crippen molar-refractivity contribution in [2.45, 2.75) is 122 Å². The van der Waals surface area contributed by atoms with Gasteiger partial charge >= 0.3 is 5.97 Å². The van der Waals surface area contributed by atoms with Crippen molar-refractivity contribution >= 4 is 24.5 Å². The van der Waals surface area contributed by atoms with Gasteiger partial charge in [-0.2, -0.15) is 12.6 Å². The zero-order valence-corrected chi connectivity index (χ0v) is 26.8. The van der Waals surface area contributed by atoms with E-state index in [1.54, 1.807) is 12.1 Å². The molecule has 0 aliphatic carbocycles. The van der Waals surface area contributed by atoms with Gasteiger partial charge in [0.05, 0.1) is 6.42 Å². The van der Waals surface area contributed by atoms with E-state index in [0.717, 1.165) is 56.8 Å². The first-order valence-corrected chi connectivity index (χ1v) is 17.3. The van der Waals surface area contributed by atoms with Crippen molar-refractivity contribution in [1.82, 2.24) is 10.2 Å². The molecule has 6 heteroatoms. The van der Waals surface area contributed by atoms with Gasteiger partial charge in [-0.3, -0.25) is 9.59 Å². The molecule has 0 bridgehead atoms. The molecule has 5 nitrogen and oxygen atoms in total. The number of benzene rings is 1. The number of rotatable bonds is 23. The lowest BCUT2D eigenvalue weighted by molar-refractivity contribution is -0.134. The third kappa shape index (κ3) is 18.4. The summed E-state index contributed by atoms with van der Waals surface area (Å²) in [6.45, 7) is 6.37. The summed E-state index contributed by atoms with van der Waals surface area (Å²) in [6.07, 6.45) is 25.1. The summed E-state index contributed by atoms with van der Waals surface area (Å²) in [5.41, 5.74) is 0.930. The number of nitrogens with zero attached hydrogens (tertiary/aromatic N) is 1. The van der Waals surface area contributed by atoms with E-state index in [2.05, 4.69) is 41.9 Å². The van der Waals surface area contributed by atoms with Crippen LogP contribution in [0.1, 0.15) is 122 Å². The Morgan fingerprint density at radius 2 is 1.51 bits per heavy atom. The topological polar surface area (TPSA) is 58.6 Å². The van der Waals surface area contributed by atoms with Gasteiger partial charge in [0.25, 0.3) is 0 Å². The predicted molar refractivity (Wildman–Crippen MR) is 176 cm³/mol. The molecule has 1 saturated heterocycles. The molecule has 1 aromatic rings. The minimum atomic E-state index is -0.176. The Morgan fingerprint density at radius 3 is 2.15 bits per heavy atom. The highest BCUT2D eigenvalue weighted by molar-refractivity contribution is 7.80. The Labute approximate surface area is 256 Å². The van der Waals surface area contributed by atoms with Crippen molar-refractivity contribution < 1.29 is 14.3 Å². The lowest BCUT2D eigenvalue weighted by Crippen LogP contribution is -2.36. The van der Waals surface area contributed by atoms with Crippen LogP contribution in [0.2, 0.25) is 0 Å². The quantitative estimate of drug-likeness (QED) is 0.0445. The molecule has 0 saturated carbocycles. The Balaban J connectivity index is 1.44. The van der Waals surface area contributed by atoms with E-state index < -0.39 is 0 Å². The third-order valence-corrected chi connectivity index (χ3v) is 8.36. The second-order valence-corrected chi connectivity index (χ2v) is 12.2. The van der Waals surface area contributed by atoms with E-state index in [0.29, 0.717) is 24.5 Å². The van der Waals surface area contributed by atoms with E-state index in [9.17, 15) is 9.59 Å². The molecule has 1 aliphatic rings. The third-order valence-electron chi connectivity index (χ3n) is 8.16. The number of piperidine rings is 1. The molecular formula is C35H58N2O3S. The smallest absolute Gasteiger partial charge is 0.311 e. The summed E-state index contributed by atoms with van der Waals surface area (Å²) in [4.78, 5) is 27.0. The van der Waals surface area contributed by atoms with Crippen molar-refractivity contribution in [3.05, 3.63) is 42.0 Å². The van der Waals surface area contributed by atoms with Gasteiger partial charge in [-0.25, -0.2) is 0 Å². The Bertz CT molecular complexity index is 834. The molecule has 1 aromatic carbocycles. The highest BCUT2D eigenvalue weighted by Gasteiger charge is 2.18. The fraction of sp³-hybridized carbons (Fsp3) is 0.714. The van der Waals surface area contributed by atoms with Crippen LogP contribution >= 0.6 is 12.6 Å².